The molecule has 0 radical (unpaired) electrons. The summed E-state index contributed by atoms with van der Waals surface area (Å²) < 4.78 is 40.8. The van der Waals surface area contributed by atoms with Crippen LogP contribution in [0.3, 0.4) is 0 Å². The van der Waals surface area contributed by atoms with Crippen molar-refractivity contribution in [2.45, 2.75) is 45.9 Å². The largest absolute Gasteiger partial charge is 0.489 e. The summed E-state index contributed by atoms with van der Waals surface area (Å²) in [7, 11) is 0. The van der Waals surface area contributed by atoms with Crippen molar-refractivity contribution in [3.05, 3.63) is 29.7 Å². The van der Waals surface area contributed by atoms with Gasteiger partial charge in [0.25, 0.3) is 0 Å². The van der Waals surface area contributed by atoms with E-state index in [0.29, 0.717) is 41.5 Å². The van der Waals surface area contributed by atoms with E-state index in [0.717, 1.165) is 38.9 Å². The van der Waals surface area contributed by atoms with Crippen LogP contribution in [0.15, 0.2) is 22.6 Å². The molecule has 2 fully saturated rings. The number of hydrogen-bond acceptors (Lipinski definition) is 7. The number of oxazole rings is 1. The van der Waals surface area contributed by atoms with Gasteiger partial charge in [-0.3, -0.25) is 4.79 Å². The van der Waals surface area contributed by atoms with Gasteiger partial charge in [0.2, 0.25) is 12.3 Å². The number of benzene rings is 1. The molecule has 1 amide bonds. The molecule has 1 aliphatic heterocycles. The van der Waals surface area contributed by atoms with E-state index in [2.05, 4.69) is 22.0 Å². The minimum atomic E-state index is -2.91. The number of ether oxygens (including phenoxy) is 2. The number of carbonyl (C=O) groups is 1. The Morgan fingerprint density at radius 1 is 1.38 bits per heavy atom. The van der Waals surface area contributed by atoms with Gasteiger partial charge in [-0.1, -0.05) is 0 Å². The molecule has 1 saturated heterocycles. The van der Waals surface area contributed by atoms with Crippen molar-refractivity contribution in [3.63, 3.8) is 0 Å². The van der Waals surface area contributed by atoms with Crippen LogP contribution in [0.2, 0.25) is 0 Å². The van der Waals surface area contributed by atoms with Crippen LogP contribution >= 0.6 is 0 Å². The Bertz CT molecular complexity index is 889. The van der Waals surface area contributed by atoms with E-state index in [-0.39, 0.29) is 18.0 Å². The minimum absolute atomic E-state index is 0.00623. The molecule has 2 aromatic rings. The predicted octanol–water partition coefficient (Wildman–Crippen LogP) is 2.94. The van der Waals surface area contributed by atoms with Crippen molar-refractivity contribution in [1.82, 2.24) is 15.2 Å². The highest BCUT2D eigenvalue weighted by Gasteiger charge is 2.23. The minimum Gasteiger partial charge on any atom is -0.489 e. The fourth-order valence-electron chi connectivity index (χ4n) is 3.24. The van der Waals surface area contributed by atoms with Crippen molar-refractivity contribution in [3.8, 4) is 23.0 Å². The highest BCUT2D eigenvalue weighted by atomic mass is 19.3. The van der Waals surface area contributed by atoms with E-state index in [4.69, 9.17) is 14.9 Å². The molecule has 176 valence electrons. The highest BCUT2D eigenvalue weighted by molar-refractivity contribution is 5.60. The normalized spacial score (nSPS) is 18.2. The molecule has 8 nitrogen and oxygen atoms in total. The van der Waals surface area contributed by atoms with E-state index in [1.165, 1.54) is 6.07 Å². The van der Waals surface area contributed by atoms with Crippen LogP contribution in [-0.2, 0) is 11.3 Å². The first-order chi connectivity index (χ1) is 15.4. The van der Waals surface area contributed by atoms with E-state index >= 15 is 0 Å². The molecule has 32 heavy (non-hydrogen) atoms. The van der Waals surface area contributed by atoms with Crippen molar-refractivity contribution >= 4 is 6.41 Å². The number of carbonyl (C=O) groups excluding carboxylic acids is 1. The zero-order chi connectivity index (χ0) is 23.1. The lowest BCUT2D eigenvalue weighted by atomic mass is 10.2. The molecule has 1 saturated carbocycles. The molecule has 0 spiro atoms. The van der Waals surface area contributed by atoms with Crippen molar-refractivity contribution in [2.75, 3.05) is 26.2 Å². The Labute approximate surface area is 186 Å². The summed E-state index contributed by atoms with van der Waals surface area (Å²) in [4.78, 5) is 16.3. The molecule has 1 aliphatic carbocycles. The Balaban J connectivity index is 0.000000269. The van der Waals surface area contributed by atoms with Gasteiger partial charge in [-0.15, -0.1) is 0 Å². The lowest BCUT2D eigenvalue weighted by Crippen LogP contribution is -2.48. The number of nitrogens with two attached hydrogens (primary N) is 1. The number of piperazine rings is 1. The van der Waals surface area contributed by atoms with Gasteiger partial charge in [0.1, 0.15) is 5.76 Å². The van der Waals surface area contributed by atoms with Crippen LogP contribution in [0.5, 0.6) is 11.5 Å². The fourth-order valence-corrected chi connectivity index (χ4v) is 3.24. The van der Waals surface area contributed by atoms with E-state index in [1.807, 2.05) is 0 Å². The van der Waals surface area contributed by atoms with E-state index in [1.54, 1.807) is 24.0 Å². The number of hydrogen-bond donors (Lipinski definition) is 2. The van der Waals surface area contributed by atoms with Gasteiger partial charge in [0, 0.05) is 31.2 Å². The SMILES string of the molecule is CC1CN(C=O)CCN1.Cc1nc(-c2ccc(OC(F)F)c(OCC3CC3)c2)oc1CN. The number of alkyl halides is 2. The number of rotatable bonds is 8. The van der Waals surface area contributed by atoms with Crippen LogP contribution in [0.1, 0.15) is 31.2 Å². The molecule has 10 heteroatoms. The molecule has 1 atom stereocenters. The summed E-state index contributed by atoms with van der Waals surface area (Å²) in [6.07, 6.45) is 3.12. The van der Waals surface area contributed by atoms with Crippen LogP contribution in [-0.4, -0.2) is 55.2 Å². The molecule has 2 heterocycles. The first-order valence-electron chi connectivity index (χ1n) is 10.7. The smallest absolute Gasteiger partial charge is 0.387 e. The van der Waals surface area contributed by atoms with Crippen molar-refractivity contribution in [1.29, 1.82) is 0 Å². The summed E-state index contributed by atoms with van der Waals surface area (Å²) in [6, 6.07) is 5.11. The molecule has 1 unspecified atom stereocenters. The number of amides is 1. The lowest BCUT2D eigenvalue weighted by molar-refractivity contribution is -0.119. The van der Waals surface area contributed by atoms with E-state index in [9.17, 15) is 13.6 Å². The maximum atomic E-state index is 12.5. The van der Waals surface area contributed by atoms with Gasteiger partial charge in [0.05, 0.1) is 18.8 Å². The van der Waals surface area contributed by atoms with Crippen LogP contribution < -0.4 is 20.5 Å². The Hall–Kier alpha value is -2.72. The molecule has 1 aromatic carbocycles. The van der Waals surface area contributed by atoms with Gasteiger partial charge in [-0.2, -0.15) is 8.78 Å². The number of halogens is 2. The summed E-state index contributed by atoms with van der Waals surface area (Å²) in [5.74, 6) is 1.73. The second-order valence-electron chi connectivity index (χ2n) is 7.98. The van der Waals surface area contributed by atoms with Gasteiger partial charge in [-0.05, 0) is 50.8 Å². The number of aromatic nitrogens is 1. The molecule has 2 aliphatic rings. The van der Waals surface area contributed by atoms with Gasteiger partial charge < -0.3 is 29.8 Å². The highest BCUT2D eigenvalue weighted by Crippen LogP contribution is 2.36. The maximum Gasteiger partial charge on any atom is 0.387 e. The second kappa shape index (κ2) is 11.2. The van der Waals surface area contributed by atoms with Gasteiger partial charge in [0.15, 0.2) is 11.5 Å². The molecule has 1 aromatic heterocycles. The maximum absolute atomic E-state index is 12.5. The topological polar surface area (TPSA) is 103 Å². The molecule has 0 bridgehead atoms. The first kappa shape index (κ1) is 23.9. The van der Waals surface area contributed by atoms with Gasteiger partial charge in [-0.25, -0.2) is 4.98 Å². The van der Waals surface area contributed by atoms with Crippen molar-refractivity contribution in [2.24, 2.45) is 11.7 Å². The summed E-state index contributed by atoms with van der Waals surface area (Å²) in [5, 5.41) is 3.25. The van der Waals surface area contributed by atoms with Crippen molar-refractivity contribution < 1.29 is 27.5 Å². The Morgan fingerprint density at radius 2 is 2.16 bits per heavy atom. The first-order valence-corrected chi connectivity index (χ1v) is 10.7. The zero-order valence-corrected chi connectivity index (χ0v) is 18.4. The lowest BCUT2D eigenvalue weighted by Gasteiger charge is -2.28. The number of nitrogens with one attached hydrogen (secondary N) is 1. The fraction of sp³-hybridized carbons (Fsp3) is 0.545. The average Bonchev–Trinajstić information content (AvgIpc) is 3.53. The number of nitrogens with zero attached hydrogens (tertiary/aromatic N) is 2. The quantitative estimate of drug-likeness (QED) is 0.594. The van der Waals surface area contributed by atoms with Crippen LogP contribution in [0, 0.1) is 12.8 Å². The average molecular weight is 453 g/mol. The van der Waals surface area contributed by atoms with Crippen LogP contribution in [0.4, 0.5) is 8.78 Å². The zero-order valence-electron chi connectivity index (χ0n) is 18.4. The summed E-state index contributed by atoms with van der Waals surface area (Å²) in [5.41, 5.74) is 6.91. The van der Waals surface area contributed by atoms with E-state index < -0.39 is 6.61 Å². The summed E-state index contributed by atoms with van der Waals surface area (Å²) in [6.45, 7) is 4.34. The molecule has 4 rings (SSSR count). The Morgan fingerprint density at radius 3 is 2.72 bits per heavy atom. The standard InChI is InChI=1S/C16H18F2N2O3.C6H12N2O/c1-9-14(7-19)22-15(20-9)11-4-5-12(23-16(17)18)13(6-11)21-8-10-2-3-10;1-6-4-8(5-9)3-2-7-6/h4-6,10,16H,2-3,7-8,19H2,1H3;5-7H,2-4H2,1H3. The Kier molecular flexibility index (Phi) is 8.40. The predicted molar refractivity (Wildman–Crippen MR) is 115 cm³/mol. The van der Waals surface area contributed by atoms with Crippen LogP contribution in [0.25, 0.3) is 11.5 Å². The third-order valence-corrected chi connectivity index (χ3v) is 5.21. The third-order valence-electron chi connectivity index (χ3n) is 5.21. The van der Waals surface area contributed by atoms with Gasteiger partial charge >= 0.3 is 6.61 Å². The molecular weight excluding hydrogens is 422 g/mol. The summed E-state index contributed by atoms with van der Waals surface area (Å²) >= 11 is 0. The molecule has 3 N–H and O–H groups in total. The third kappa shape index (κ3) is 6.89. The molecular formula is C22H30F2N4O4. The number of aryl methyl sites for hydroxylation is 1. The second-order valence-corrected chi connectivity index (χ2v) is 7.98. The monoisotopic (exact) mass is 452 g/mol.